The summed E-state index contributed by atoms with van der Waals surface area (Å²) in [6.45, 7) is 36.4. The highest BCUT2D eigenvalue weighted by atomic mass is 31.1. The van der Waals surface area contributed by atoms with Crippen molar-refractivity contribution in [3.8, 4) is 0 Å². The first-order valence-corrected chi connectivity index (χ1v) is 14.8. The van der Waals surface area contributed by atoms with Gasteiger partial charge >= 0.3 is 0 Å². The van der Waals surface area contributed by atoms with Gasteiger partial charge in [-0.15, -0.1) is 0 Å². The van der Waals surface area contributed by atoms with Gasteiger partial charge in [-0.1, -0.05) is 138 Å². The van der Waals surface area contributed by atoms with E-state index in [-0.39, 0.29) is 21.3 Å². The lowest BCUT2D eigenvalue weighted by Gasteiger charge is -2.43. The second kappa shape index (κ2) is 9.14. The maximum atomic E-state index is 2.56. The van der Waals surface area contributed by atoms with Crippen molar-refractivity contribution in [2.45, 2.75) is 142 Å². The summed E-state index contributed by atoms with van der Waals surface area (Å²) in [7, 11) is -0.280. The van der Waals surface area contributed by atoms with Crippen LogP contribution >= 0.6 is 15.8 Å². The number of hydrogen-bond acceptors (Lipinski definition) is 0. The molecule has 0 atom stereocenters. The third-order valence-corrected chi connectivity index (χ3v) is 13.7. The van der Waals surface area contributed by atoms with Crippen molar-refractivity contribution >= 4 is 15.8 Å². The first-order chi connectivity index (χ1) is 13.0. The molecule has 0 amide bonds. The standard InChI is InChI=1S/C28H52P2/c1-24(2,3)23-17-21(19-29(25(4,5)6)26(7,8)9)16-22(18-23)20-30(27(10,11)12)28(13,14)15/h16-18H,19-20H2,1-15H3. The molecule has 0 saturated heterocycles. The minimum Gasteiger partial charge on any atom is -0.0911 e. The average Bonchev–Trinajstić information content (AvgIpc) is 2.44. The molecular weight excluding hydrogens is 398 g/mol. The van der Waals surface area contributed by atoms with Gasteiger partial charge in [0.2, 0.25) is 0 Å². The van der Waals surface area contributed by atoms with Crippen LogP contribution in [-0.4, -0.2) is 20.6 Å². The van der Waals surface area contributed by atoms with E-state index in [1.165, 1.54) is 17.9 Å². The molecule has 174 valence electrons. The van der Waals surface area contributed by atoms with Crippen molar-refractivity contribution in [1.82, 2.24) is 0 Å². The molecule has 0 bridgehead atoms. The first kappa shape index (κ1) is 28.1. The molecule has 0 unspecified atom stereocenters. The summed E-state index contributed by atoms with van der Waals surface area (Å²) in [6, 6.07) is 7.61. The summed E-state index contributed by atoms with van der Waals surface area (Å²) in [5.74, 6) is 0. The van der Waals surface area contributed by atoms with E-state index in [1.54, 1.807) is 11.1 Å². The summed E-state index contributed by atoms with van der Waals surface area (Å²) >= 11 is 0. The summed E-state index contributed by atoms with van der Waals surface area (Å²) in [4.78, 5) is 0. The van der Waals surface area contributed by atoms with Gasteiger partial charge in [0.05, 0.1) is 0 Å². The smallest absolute Gasteiger partial charge is 0.00635 e. The van der Waals surface area contributed by atoms with Gasteiger partial charge in [0.15, 0.2) is 0 Å². The van der Waals surface area contributed by atoms with Gasteiger partial charge < -0.3 is 0 Å². The largest absolute Gasteiger partial charge is 0.0911 e. The van der Waals surface area contributed by atoms with Crippen molar-refractivity contribution in [3.05, 3.63) is 34.9 Å². The Morgan fingerprint density at radius 2 is 0.733 bits per heavy atom. The minimum absolute atomic E-state index is 0.140. The second-order valence-electron chi connectivity index (χ2n) is 14.1. The van der Waals surface area contributed by atoms with E-state index in [9.17, 15) is 0 Å². The Balaban J connectivity index is 3.50. The summed E-state index contributed by atoms with van der Waals surface area (Å²) in [5, 5.41) is 1.42. The van der Waals surface area contributed by atoms with Crippen LogP contribution in [0.3, 0.4) is 0 Å². The molecule has 0 heterocycles. The topological polar surface area (TPSA) is 0 Å². The van der Waals surface area contributed by atoms with Gasteiger partial charge in [0.25, 0.3) is 0 Å². The fourth-order valence-electron chi connectivity index (χ4n) is 4.70. The molecule has 0 aliphatic carbocycles. The second-order valence-corrected chi connectivity index (χ2v) is 21.9. The first-order valence-electron chi connectivity index (χ1n) is 11.7. The highest BCUT2D eigenvalue weighted by Crippen LogP contribution is 2.63. The van der Waals surface area contributed by atoms with Crippen molar-refractivity contribution in [3.63, 3.8) is 0 Å². The number of rotatable bonds is 4. The van der Waals surface area contributed by atoms with Gasteiger partial charge in [-0.3, -0.25) is 0 Å². The van der Waals surface area contributed by atoms with Crippen LogP contribution in [0.25, 0.3) is 0 Å². The predicted molar refractivity (Wildman–Crippen MR) is 145 cm³/mol. The molecule has 2 heteroatoms. The Morgan fingerprint density at radius 3 is 0.933 bits per heavy atom. The zero-order chi connectivity index (χ0) is 23.9. The average molecular weight is 451 g/mol. The van der Waals surface area contributed by atoms with Gasteiger partial charge in [0, 0.05) is 0 Å². The van der Waals surface area contributed by atoms with Crippen molar-refractivity contribution in [2.75, 3.05) is 0 Å². The van der Waals surface area contributed by atoms with E-state index < -0.39 is 0 Å². The zero-order valence-electron chi connectivity index (χ0n) is 23.0. The third-order valence-electron chi connectivity index (χ3n) is 5.84. The molecule has 0 saturated carbocycles. The van der Waals surface area contributed by atoms with E-state index in [0.29, 0.717) is 20.6 Å². The quantitative estimate of drug-likeness (QED) is 0.400. The van der Waals surface area contributed by atoms with Crippen LogP contribution in [0.1, 0.15) is 121 Å². The zero-order valence-corrected chi connectivity index (χ0v) is 24.8. The molecule has 30 heavy (non-hydrogen) atoms. The van der Waals surface area contributed by atoms with E-state index in [2.05, 4.69) is 122 Å². The van der Waals surface area contributed by atoms with Crippen molar-refractivity contribution in [2.24, 2.45) is 0 Å². The van der Waals surface area contributed by atoms with E-state index >= 15 is 0 Å². The predicted octanol–water partition coefficient (Wildman–Crippen LogP) is 10.1. The third kappa shape index (κ3) is 8.21. The van der Waals surface area contributed by atoms with E-state index in [1.807, 2.05) is 0 Å². The Hall–Kier alpha value is 0.0800. The van der Waals surface area contributed by atoms with Crippen LogP contribution in [0.4, 0.5) is 0 Å². The maximum Gasteiger partial charge on any atom is -0.00635 e. The molecular formula is C28H52P2. The van der Waals surface area contributed by atoms with Crippen molar-refractivity contribution < 1.29 is 0 Å². The SMILES string of the molecule is CC(C)(C)c1cc(CP(C(C)(C)C)C(C)(C)C)cc(CP(C(C)(C)C)C(C)(C)C)c1. The Kier molecular flexibility index (Phi) is 8.57. The van der Waals surface area contributed by atoms with Crippen LogP contribution in [-0.2, 0) is 17.7 Å². The molecule has 0 spiro atoms. The molecule has 0 aliphatic rings. The number of benzene rings is 1. The molecule has 1 aromatic rings. The lowest BCUT2D eigenvalue weighted by molar-refractivity contribution is 0.589. The maximum absolute atomic E-state index is 2.56. The van der Waals surface area contributed by atoms with Crippen LogP contribution in [0.2, 0.25) is 0 Å². The van der Waals surface area contributed by atoms with E-state index in [0.717, 1.165) is 0 Å². The lowest BCUT2D eigenvalue weighted by atomic mass is 9.85. The molecule has 1 aromatic carbocycles. The van der Waals surface area contributed by atoms with Crippen LogP contribution in [0, 0.1) is 0 Å². The fourth-order valence-corrected chi connectivity index (χ4v) is 11.7. The lowest BCUT2D eigenvalue weighted by Crippen LogP contribution is -2.26. The van der Waals surface area contributed by atoms with Gasteiger partial charge in [-0.2, -0.15) is 0 Å². The van der Waals surface area contributed by atoms with Gasteiger partial charge in [-0.05, 0) is 55.1 Å². The van der Waals surface area contributed by atoms with Crippen molar-refractivity contribution in [1.29, 1.82) is 0 Å². The van der Waals surface area contributed by atoms with Crippen LogP contribution < -0.4 is 0 Å². The van der Waals surface area contributed by atoms with Crippen LogP contribution in [0.5, 0.6) is 0 Å². The highest BCUT2D eigenvalue weighted by Gasteiger charge is 2.36. The minimum atomic E-state index is -0.140. The summed E-state index contributed by atoms with van der Waals surface area (Å²) in [6.07, 6.45) is 2.45. The van der Waals surface area contributed by atoms with E-state index in [4.69, 9.17) is 0 Å². The molecule has 0 aliphatic heterocycles. The molecule has 0 aromatic heterocycles. The molecule has 0 fully saturated rings. The monoisotopic (exact) mass is 450 g/mol. The molecule has 1 rings (SSSR count). The number of hydrogen-bond donors (Lipinski definition) is 0. The molecule has 0 N–H and O–H groups in total. The van der Waals surface area contributed by atoms with Gasteiger partial charge in [0.1, 0.15) is 0 Å². The summed E-state index contributed by atoms with van der Waals surface area (Å²) < 4.78 is 0. The molecule has 0 nitrogen and oxygen atoms in total. The normalized spacial score (nSPS) is 14.7. The van der Waals surface area contributed by atoms with Crippen LogP contribution in [0.15, 0.2) is 18.2 Å². The fraction of sp³-hybridized carbons (Fsp3) is 0.786. The summed E-state index contributed by atoms with van der Waals surface area (Å²) in [5.41, 5.74) is 4.81. The van der Waals surface area contributed by atoms with Gasteiger partial charge in [-0.25, -0.2) is 0 Å². The molecule has 0 radical (unpaired) electrons. The Morgan fingerprint density at radius 1 is 0.467 bits per heavy atom. The Labute approximate surface area is 192 Å². The highest BCUT2D eigenvalue weighted by molar-refractivity contribution is 7.60. The Bertz CT molecular complexity index is 614.